The SMILES string of the molecule is COc1ccc(CNC(=O)CNCCN(C)C)cc1. The fourth-order valence-corrected chi connectivity index (χ4v) is 1.51. The van der Waals surface area contributed by atoms with E-state index in [9.17, 15) is 4.79 Å². The minimum absolute atomic E-state index is 0.00886. The van der Waals surface area contributed by atoms with Crippen LogP contribution in [0.2, 0.25) is 0 Å². The van der Waals surface area contributed by atoms with Crippen molar-refractivity contribution >= 4 is 5.91 Å². The van der Waals surface area contributed by atoms with E-state index in [2.05, 4.69) is 15.5 Å². The van der Waals surface area contributed by atoms with Crippen LogP contribution in [0.5, 0.6) is 5.75 Å². The van der Waals surface area contributed by atoms with Gasteiger partial charge in [-0.15, -0.1) is 0 Å². The van der Waals surface area contributed by atoms with Gasteiger partial charge in [0.2, 0.25) is 5.91 Å². The molecule has 1 aromatic rings. The first-order valence-corrected chi connectivity index (χ1v) is 6.37. The second kappa shape index (κ2) is 8.50. The first kappa shape index (κ1) is 15.5. The molecule has 1 rings (SSSR count). The van der Waals surface area contributed by atoms with Gasteiger partial charge in [-0.25, -0.2) is 0 Å². The molecule has 0 saturated carbocycles. The number of benzene rings is 1. The molecule has 0 radical (unpaired) electrons. The normalized spacial score (nSPS) is 10.5. The van der Waals surface area contributed by atoms with Gasteiger partial charge in [-0.3, -0.25) is 4.79 Å². The lowest BCUT2D eigenvalue weighted by molar-refractivity contribution is -0.120. The van der Waals surface area contributed by atoms with Crippen LogP contribution < -0.4 is 15.4 Å². The molecule has 0 bridgehead atoms. The van der Waals surface area contributed by atoms with Gasteiger partial charge < -0.3 is 20.3 Å². The summed E-state index contributed by atoms with van der Waals surface area (Å²) in [5.74, 6) is 0.829. The van der Waals surface area contributed by atoms with Crippen molar-refractivity contribution in [2.45, 2.75) is 6.54 Å². The summed E-state index contributed by atoms with van der Waals surface area (Å²) >= 11 is 0. The maximum absolute atomic E-state index is 11.6. The Bertz CT molecular complexity index is 377. The van der Waals surface area contributed by atoms with Crippen molar-refractivity contribution < 1.29 is 9.53 Å². The molecule has 1 aromatic carbocycles. The van der Waals surface area contributed by atoms with Gasteiger partial charge in [0.25, 0.3) is 0 Å². The van der Waals surface area contributed by atoms with Gasteiger partial charge in [-0.1, -0.05) is 12.1 Å². The third-order valence-corrected chi connectivity index (χ3v) is 2.67. The van der Waals surface area contributed by atoms with Gasteiger partial charge >= 0.3 is 0 Å². The van der Waals surface area contributed by atoms with Crippen LogP contribution in [-0.4, -0.2) is 51.6 Å². The summed E-state index contributed by atoms with van der Waals surface area (Å²) in [6, 6.07) is 7.66. The highest BCUT2D eigenvalue weighted by molar-refractivity contribution is 5.77. The summed E-state index contributed by atoms with van der Waals surface area (Å²) in [4.78, 5) is 13.6. The zero-order valence-corrected chi connectivity index (χ0v) is 11.9. The maximum Gasteiger partial charge on any atom is 0.234 e. The number of hydrogen-bond acceptors (Lipinski definition) is 4. The molecule has 0 aliphatic rings. The van der Waals surface area contributed by atoms with Crippen LogP contribution in [0.4, 0.5) is 0 Å². The zero-order valence-electron chi connectivity index (χ0n) is 11.9. The van der Waals surface area contributed by atoms with Crippen LogP contribution in [0.1, 0.15) is 5.56 Å². The average molecular weight is 265 g/mol. The number of carbonyl (C=O) groups is 1. The quantitative estimate of drug-likeness (QED) is 0.671. The van der Waals surface area contributed by atoms with Crippen LogP contribution in [0.15, 0.2) is 24.3 Å². The van der Waals surface area contributed by atoms with Gasteiger partial charge in [-0.2, -0.15) is 0 Å². The highest BCUT2D eigenvalue weighted by Crippen LogP contribution is 2.10. The van der Waals surface area contributed by atoms with Crippen LogP contribution in [0, 0.1) is 0 Å². The van der Waals surface area contributed by atoms with Crippen LogP contribution >= 0.6 is 0 Å². The molecule has 0 atom stereocenters. The van der Waals surface area contributed by atoms with Gasteiger partial charge in [0.1, 0.15) is 5.75 Å². The number of rotatable bonds is 8. The molecular weight excluding hydrogens is 242 g/mol. The van der Waals surface area contributed by atoms with E-state index in [0.717, 1.165) is 24.4 Å². The standard InChI is InChI=1S/C14H23N3O2/c1-17(2)9-8-15-11-14(18)16-10-12-4-6-13(19-3)7-5-12/h4-7,15H,8-11H2,1-3H3,(H,16,18). The smallest absolute Gasteiger partial charge is 0.234 e. The summed E-state index contributed by atoms with van der Waals surface area (Å²) in [5, 5.41) is 5.97. The minimum Gasteiger partial charge on any atom is -0.497 e. The van der Waals surface area contributed by atoms with Crippen LogP contribution in [0.3, 0.4) is 0 Å². The van der Waals surface area contributed by atoms with E-state index >= 15 is 0 Å². The van der Waals surface area contributed by atoms with E-state index in [4.69, 9.17) is 4.74 Å². The summed E-state index contributed by atoms with van der Waals surface area (Å²) in [7, 11) is 5.65. The van der Waals surface area contributed by atoms with Gasteiger partial charge in [0.05, 0.1) is 13.7 Å². The van der Waals surface area contributed by atoms with Crippen molar-refractivity contribution in [2.75, 3.05) is 40.8 Å². The van der Waals surface area contributed by atoms with Crippen molar-refractivity contribution in [1.29, 1.82) is 0 Å². The Hall–Kier alpha value is -1.59. The summed E-state index contributed by atoms with van der Waals surface area (Å²) < 4.78 is 5.08. The van der Waals surface area contributed by atoms with E-state index in [0.29, 0.717) is 13.1 Å². The zero-order chi connectivity index (χ0) is 14.1. The van der Waals surface area contributed by atoms with Crippen molar-refractivity contribution in [1.82, 2.24) is 15.5 Å². The molecule has 5 nitrogen and oxygen atoms in total. The fraction of sp³-hybridized carbons (Fsp3) is 0.500. The Morgan fingerprint density at radius 3 is 2.53 bits per heavy atom. The Morgan fingerprint density at radius 2 is 1.95 bits per heavy atom. The van der Waals surface area contributed by atoms with E-state index in [-0.39, 0.29) is 5.91 Å². The molecule has 2 N–H and O–H groups in total. The molecule has 0 spiro atoms. The third-order valence-electron chi connectivity index (χ3n) is 2.67. The molecule has 0 aliphatic heterocycles. The van der Waals surface area contributed by atoms with Crippen LogP contribution in [-0.2, 0) is 11.3 Å². The number of nitrogens with one attached hydrogen (secondary N) is 2. The predicted octanol–water partition coefficient (Wildman–Crippen LogP) is 0.463. The summed E-state index contributed by atoms with van der Waals surface area (Å²) in [5.41, 5.74) is 1.06. The molecule has 19 heavy (non-hydrogen) atoms. The molecule has 0 aliphatic carbocycles. The molecule has 0 aromatic heterocycles. The Labute approximate surface area is 114 Å². The maximum atomic E-state index is 11.6. The molecule has 0 fully saturated rings. The number of amides is 1. The van der Waals surface area contributed by atoms with Crippen molar-refractivity contribution in [2.24, 2.45) is 0 Å². The number of methoxy groups -OCH3 is 1. The second-order valence-corrected chi connectivity index (χ2v) is 4.60. The van der Waals surface area contributed by atoms with Crippen molar-refractivity contribution in [3.63, 3.8) is 0 Å². The highest BCUT2D eigenvalue weighted by atomic mass is 16.5. The number of ether oxygens (including phenoxy) is 1. The average Bonchev–Trinajstić information content (AvgIpc) is 2.41. The number of hydrogen-bond donors (Lipinski definition) is 2. The molecule has 5 heteroatoms. The van der Waals surface area contributed by atoms with E-state index < -0.39 is 0 Å². The van der Waals surface area contributed by atoms with Crippen molar-refractivity contribution in [3.05, 3.63) is 29.8 Å². The first-order valence-electron chi connectivity index (χ1n) is 6.37. The van der Waals surface area contributed by atoms with Crippen molar-refractivity contribution in [3.8, 4) is 5.75 Å². The Balaban J connectivity index is 2.18. The summed E-state index contributed by atoms with van der Waals surface area (Å²) in [6.07, 6.45) is 0. The number of likely N-dealkylation sites (N-methyl/N-ethyl adjacent to an activating group) is 1. The molecule has 0 unspecified atom stereocenters. The summed E-state index contributed by atoms with van der Waals surface area (Å²) in [6.45, 7) is 2.62. The van der Waals surface area contributed by atoms with Gasteiger partial charge in [0.15, 0.2) is 0 Å². The lowest BCUT2D eigenvalue weighted by atomic mass is 10.2. The molecule has 1 amide bonds. The third kappa shape index (κ3) is 6.79. The van der Waals surface area contributed by atoms with Gasteiger partial charge in [0, 0.05) is 19.6 Å². The van der Waals surface area contributed by atoms with Crippen LogP contribution in [0.25, 0.3) is 0 Å². The number of nitrogens with zero attached hydrogens (tertiary/aromatic N) is 1. The first-order chi connectivity index (χ1) is 9.11. The van der Waals surface area contributed by atoms with E-state index in [1.165, 1.54) is 0 Å². The molecular formula is C14H23N3O2. The molecule has 0 saturated heterocycles. The number of carbonyl (C=O) groups excluding carboxylic acids is 1. The topological polar surface area (TPSA) is 53.6 Å². The van der Waals surface area contributed by atoms with E-state index in [1.54, 1.807) is 7.11 Å². The fourth-order valence-electron chi connectivity index (χ4n) is 1.51. The largest absolute Gasteiger partial charge is 0.497 e. The lowest BCUT2D eigenvalue weighted by Crippen LogP contribution is -2.36. The Kier molecular flexibility index (Phi) is 6.92. The van der Waals surface area contributed by atoms with E-state index in [1.807, 2.05) is 38.4 Å². The Morgan fingerprint density at radius 1 is 1.26 bits per heavy atom. The monoisotopic (exact) mass is 265 g/mol. The molecule has 0 heterocycles. The lowest BCUT2D eigenvalue weighted by Gasteiger charge is -2.10. The minimum atomic E-state index is 0.00886. The predicted molar refractivity (Wildman–Crippen MR) is 76.3 cm³/mol. The second-order valence-electron chi connectivity index (χ2n) is 4.60. The highest BCUT2D eigenvalue weighted by Gasteiger charge is 2.01. The molecule has 106 valence electrons. The van der Waals surface area contributed by atoms with Gasteiger partial charge in [-0.05, 0) is 31.8 Å².